The van der Waals surface area contributed by atoms with Gasteiger partial charge in [-0.3, -0.25) is 4.79 Å². The highest BCUT2D eigenvalue weighted by molar-refractivity contribution is 9.10. The average Bonchev–Trinajstić information content (AvgIpc) is 2.48. The number of halogens is 4. The maximum absolute atomic E-state index is 12.6. The van der Waals surface area contributed by atoms with Crippen molar-refractivity contribution >= 4 is 27.5 Å². The number of aryl methyl sites for hydroxylation is 1. The smallest absolute Gasteiger partial charge is 0.416 e. The van der Waals surface area contributed by atoms with Gasteiger partial charge in [-0.2, -0.15) is 13.2 Å². The van der Waals surface area contributed by atoms with Crippen molar-refractivity contribution in [3.05, 3.63) is 58.1 Å². The van der Waals surface area contributed by atoms with Crippen LogP contribution in [0.15, 0.2) is 46.9 Å². The molecule has 23 heavy (non-hydrogen) atoms. The van der Waals surface area contributed by atoms with Gasteiger partial charge in [0, 0.05) is 10.2 Å². The molecule has 0 unspecified atom stereocenters. The Balaban J connectivity index is 1.96. The van der Waals surface area contributed by atoms with Crippen LogP contribution in [0.2, 0.25) is 0 Å². The van der Waals surface area contributed by atoms with Crippen molar-refractivity contribution in [2.24, 2.45) is 0 Å². The maximum Gasteiger partial charge on any atom is 0.416 e. The molecule has 0 bridgehead atoms. The van der Waals surface area contributed by atoms with Gasteiger partial charge in [-0.1, -0.05) is 22.0 Å². The van der Waals surface area contributed by atoms with Crippen molar-refractivity contribution < 1.29 is 22.7 Å². The minimum atomic E-state index is -4.45. The summed E-state index contributed by atoms with van der Waals surface area (Å²) in [5.74, 6) is -0.0326. The Morgan fingerprint density at radius 3 is 2.61 bits per heavy atom. The quantitative estimate of drug-likeness (QED) is 0.818. The highest BCUT2D eigenvalue weighted by Gasteiger charge is 2.30. The molecular formula is C16H13BrF3NO2. The van der Waals surface area contributed by atoms with Crippen LogP contribution in [0, 0.1) is 6.92 Å². The molecule has 0 radical (unpaired) electrons. The number of rotatable bonds is 4. The first-order valence-electron chi connectivity index (χ1n) is 6.62. The lowest BCUT2D eigenvalue weighted by Crippen LogP contribution is -2.20. The van der Waals surface area contributed by atoms with Gasteiger partial charge in [0.05, 0.1) is 5.56 Å². The van der Waals surface area contributed by atoms with Gasteiger partial charge < -0.3 is 10.1 Å². The molecule has 1 N–H and O–H groups in total. The summed E-state index contributed by atoms with van der Waals surface area (Å²) in [7, 11) is 0. The van der Waals surface area contributed by atoms with Crippen LogP contribution in [0.1, 0.15) is 11.1 Å². The minimum Gasteiger partial charge on any atom is -0.484 e. The van der Waals surface area contributed by atoms with E-state index < -0.39 is 17.6 Å². The normalized spacial score (nSPS) is 11.2. The largest absolute Gasteiger partial charge is 0.484 e. The standard InChI is InChI=1S/C16H13BrF3NO2/c1-10-7-13(5-6-14(10)17)23-9-15(22)21-12-4-2-3-11(8-12)16(18,19)20/h2-8H,9H2,1H3,(H,21,22). The second kappa shape index (κ2) is 7.04. The Labute approximate surface area is 139 Å². The molecule has 0 aromatic heterocycles. The van der Waals surface area contributed by atoms with Crippen molar-refractivity contribution in [1.82, 2.24) is 0 Å². The van der Waals surface area contributed by atoms with Crippen molar-refractivity contribution in [3.63, 3.8) is 0 Å². The molecule has 122 valence electrons. The topological polar surface area (TPSA) is 38.3 Å². The lowest BCUT2D eigenvalue weighted by molar-refractivity contribution is -0.137. The molecule has 3 nitrogen and oxygen atoms in total. The second-order valence-electron chi connectivity index (χ2n) is 4.83. The van der Waals surface area contributed by atoms with Crippen LogP contribution in [0.5, 0.6) is 5.75 Å². The number of benzene rings is 2. The Kier molecular flexibility index (Phi) is 5.30. The fraction of sp³-hybridized carbons (Fsp3) is 0.188. The average molecular weight is 388 g/mol. The van der Waals surface area contributed by atoms with E-state index in [1.54, 1.807) is 18.2 Å². The van der Waals surface area contributed by atoms with Crippen molar-refractivity contribution in [2.45, 2.75) is 13.1 Å². The molecule has 7 heteroatoms. The Hall–Kier alpha value is -2.02. The summed E-state index contributed by atoms with van der Waals surface area (Å²) in [6.45, 7) is 1.58. The molecule has 0 aliphatic carbocycles. The van der Waals surface area contributed by atoms with Gasteiger partial charge in [0.1, 0.15) is 5.75 Å². The number of hydrogen-bond acceptors (Lipinski definition) is 2. The van der Waals surface area contributed by atoms with Crippen molar-refractivity contribution in [3.8, 4) is 5.75 Å². The zero-order chi connectivity index (χ0) is 17.0. The van der Waals surface area contributed by atoms with Crippen LogP contribution in [0.4, 0.5) is 18.9 Å². The van der Waals surface area contributed by atoms with E-state index in [-0.39, 0.29) is 12.3 Å². The highest BCUT2D eigenvalue weighted by Crippen LogP contribution is 2.30. The fourth-order valence-corrected chi connectivity index (χ4v) is 2.07. The monoisotopic (exact) mass is 387 g/mol. The van der Waals surface area contributed by atoms with Crippen LogP contribution in [0.3, 0.4) is 0 Å². The maximum atomic E-state index is 12.6. The first-order chi connectivity index (χ1) is 10.8. The van der Waals surface area contributed by atoms with Gasteiger partial charge in [-0.15, -0.1) is 0 Å². The van der Waals surface area contributed by atoms with Crippen molar-refractivity contribution in [2.75, 3.05) is 11.9 Å². The lowest BCUT2D eigenvalue weighted by atomic mass is 10.2. The summed E-state index contributed by atoms with van der Waals surface area (Å²) < 4.78 is 44.0. The van der Waals surface area contributed by atoms with Gasteiger partial charge in [-0.25, -0.2) is 0 Å². The SMILES string of the molecule is Cc1cc(OCC(=O)Nc2cccc(C(F)(F)F)c2)ccc1Br. The summed E-state index contributed by atoms with van der Waals surface area (Å²) in [5.41, 5.74) is 0.195. The third-order valence-corrected chi connectivity index (χ3v) is 3.86. The van der Waals surface area contributed by atoms with Crippen molar-refractivity contribution in [1.29, 1.82) is 0 Å². The van der Waals surface area contributed by atoms with Crippen LogP contribution in [0.25, 0.3) is 0 Å². The molecule has 0 aliphatic rings. The van der Waals surface area contributed by atoms with E-state index in [1.807, 2.05) is 6.92 Å². The first-order valence-corrected chi connectivity index (χ1v) is 7.41. The van der Waals surface area contributed by atoms with E-state index in [4.69, 9.17) is 4.74 Å². The molecule has 0 saturated carbocycles. The molecule has 0 spiro atoms. The highest BCUT2D eigenvalue weighted by atomic mass is 79.9. The van der Waals surface area contributed by atoms with E-state index in [9.17, 15) is 18.0 Å². The van der Waals surface area contributed by atoms with Gasteiger partial charge in [-0.05, 0) is 48.9 Å². The molecule has 0 atom stereocenters. The molecule has 2 aromatic carbocycles. The molecule has 2 rings (SSSR count). The Morgan fingerprint density at radius 1 is 1.22 bits per heavy atom. The molecule has 0 saturated heterocycles. The number of amides is 1. The molecule has 0 fully saturated rings. The van der Waals surface area contributed by atoms with E-state index in [1.165, 1.54) is 12.1 Å². The predicted octanol–water partition coefficient (Wildman–Crippen LogP) is 4.79. The zero-order valence-corrected chi connectivity index (χ0v) is 13.7. The summed E-state index contributed by atoms with van der Waals surface area (Å²) in [6.07, 6.45) is -4.45. The van der Waals surface area contributed by atoms with Crippen LogP contribution >= 0.6 is 15.9 Å². The lowest BCUT2D eigenvalue weighted by Gasteiger charge is -2.11. The first kappa shape index (κ1) is 17.3. The van der Waals surface area contributed by atoms with Crippen LogP contribution < -0.4 is 10.1 Å². The van der Waals surface area contributed by atoms with Gasteiger partial charge in [0.2, 0.25) is 0 Å². The van der Waals surface area contributed by atoms with Crippen LogP contribution in [-0.2, 0) is 11.0 Å². The predicted molar refractivity (Wildman–Crippen MR) is 84.4 cm³/mol. The van der Waals surface area contributed by atoms with Gasteiger partial charge in [0.15, 0.2) is 6.61 Å². The molecule has 1 amide bonds. The number of nitrogens with one attached hydrogen (secondary N) is 1. The summed E-state index contributed by atoms with van der Waals surface area (Å²) in [6, 6.07) is 9.67. The Bertz CT molecular complexity index is 717. The molecule has 0 aliphatic heterocycles. The fourth-order valence-electron chi connectivity index (χ4n) is 1.83. The minimum absolute atomic E-state index is 0.0698. The number of anilines is 1. The van der Waals surface area contributed by atoms with E-state index in [0.29, 0.717) is 5.75 Å². The number of alkyl halides is 3. The van der Waals surface area contributed by atoms with Gasteiger partial charge >= 0.3 is 6.18 Å². The zero-order valence-electron chi connectivity index (χ0n) is 12.1. The third-order valence-electron chi connectivity index (χ3n) is 2.97. The Morgan fingerprint density at radius 2 is 1.96 bits per heavy atom. The second-order valence-corrected chi connectivity index (χ2v) is 5.68. The summed E-state index contributed by atoms with van der Waals surface area (Å²) in [5, 5.41) is 2.38. The van der Waals surface area contributed by atoms with Crippen LogP contribution in [-0.4, -0.2) is 12.5 Å². The number of carbonyl (C=O) groups is 1. The third kappa shape index (κ3) is 4.99. The van der Waals surface area contributed by atoms with Gasteiger partial charge in [0.25, 0.3) is 5.91 Å². The number of carbonyl (C=O) groups excluding carboxylic acids is 1. The number of hydrogen-bond donors (Lipinski definition) is 1. The summed E-state index contributed by atoms with van der Waals surface area (Å²) in [4.78, 5) is 11.8. The summed E-state index contributed by atoms with van der Waals surface area (Å²) >= 11 is 3.35. The van der Waals surface area contributed by atoms with E-state index in [0.717, 1.165) is 22.2 Å². The van der Waals surface area contributed by atoms with E-state index >= 15 is 0 Å². The van der Waals surface area contributed by atoms with E-state index in [2.05, 4.69) is 21.2 Å². The number of ether oxygens (including phenoxy) is 1. The molecule has 2 aromatic rings. The molecular weight excluding hydrogens is 375 g/mol. The molecule has 0 heterocycles.